The lowest BCUT2D eigenvalue weighted by atomic mass is 10.2. The molecule has 126 valence electrons. The molecule has 23 heavy (non-hydrogen) atoms. The van der Waals surface area contributed by atoms with Crippen molar-refractivity contribution in [2.24, 2.45) is 4.99 Å². The highest BCUT2D eigenvalue weighted by Crippen LogP contribution is 2.20. The summed E-state index contributed by atoms with van der Waals surface area (Å²) in [6.45, 7) is 4.95. The minimum atomic E-state index is -0.196. The maximum atomic E-state index is 13.9. The fraction of sp³-hybridized carbons (Fsp3) is 0.588. The highest BCUT2D eigenvalue weighted by atomic mass is 79.9. The second-order valence-electron chi connectivity index (χ2n) is 6.27. The topological polar surface area (TPSA) is 30.9 Å². The van der Waals surface area contributed by atoms with Crippen LogP contribution in [0.25, 0.3) is 0 Å². The smallest absolute Gasteiger partial charge is 0.193 e. The largest absolute Gasteiger partial charge is 0.352 e. The first kappa shape index (κ1) is 16.7. The molecule has 4 nitrogen and oxygen atoms in total. The summed E-state index contributed by atoms with van der Waals surface area (Å²) in [4.78, 5) is 9.26. The van der Waals surface area contributed by atoms with Gasteiger partial charge in [0.2, 0.25) is 0 Å². The van der Waals surface area contributed by atoms with Crippen LogP contribution in [0, 0.1) is 5.82 Å². The van der Waals surface area contributed by atoms with E-state index in [4.69, 9.17) is 0 Å². The van der Waals surface area contributed by atoms with Gasteiger partial charge in [0.1, 0.15) is 5.82 Å². The van der Waals surface area contributed by atoms with E-state index in [1.54, 1.807) is 13.1 Å². The SMILES string of the molecule is CN=C(NCc1ccc(Br)cc1F)N1CCC(N2CCCC2)C1. The van der Waals surface area contributed by atoms with Gasteiger partial charge in [0.25, 0.3) is 0 Å². The minimum Gasteiger partial charge on any atom is -0.352 e. The number of guanidine groups is 1. The van der Waals surface area contributed by atoms with Crippen molar-refractivity contribution in [3.05, 3.63) is 34.1 Å². The number of aliphatic imine (C=N–C) groups is 1. The van der Waals surface area contributed by atoms with Crippen molar-refractivity contribution in [3.63, 3.8) is 0 Å². The van der Waals surface area contributed by atoms with Crippen molar-refractivity contribution in [3.8, 4) is 0 Å². The van der Waals surface area contributed by atoms with E-state index >= 15 is 0 Å². The van der Waals surface area contributed by atoms with Gasteiger partial charge in [-0.3, -0.25) is 9.89 Å². The molecule has 1 N–H and O–H groups in total. The number of benzene rings is 1. The normalized spacial score (nSPS) is 22.8. The molecule has 0 amide bonds. The summed E-state index contributed by atoms with van der Waals surface area (Å²) >= 11 is 3.29. The Hall–Kier alpha value is -1.14. The molecule has 2 aliphatic rings. The Morgan fingerprint density at radius 2 is 2.13 bits per heavy atom. The molecule has 2 aliphatic heterocycles. The maximum absolute atomic E-state index is 13.9. The predicted octanol–water partition coefficient (Wildman–Crippen LogP) is 2.83. The highest BCUT2D eigenvalue weighted by molar-refractivity contribution is 9.10. The van der Waals surface area contributed by atoms with Crippen LogP contribution in [0.5, 0.6) is 0 Å². The predicted molar refractivity (Wildman–Crippen MR) is 95.1 cm³/mol. The number of nitrogens with one attached hydrogen (secondary N) is 1. The Morgan fingerprint density at radius 1 is 1.35 bits per heavy atom. The van der Waals surface area contributed by atoms with Crippen molar-refractivity contribution in [2.75, 3.05) is 33.2 Å². The van der Waals surface area contributed by atoms with E-state index < -0.39 is 0 Å². The Balaban J connectivity index is 1.56. The van der Waals surface area contributed by atoms with Crippen LogP contribution in [0.1, 0.15) is 24.8 Å². The lowest BCUT2D eigenvalue weighted by Gasteiger charge is -2.25. The molecular weight excluding hydrogens is 359 g/mol. The molecule has 2 saturated heterocycles. The van der Waals surface area contributed by atoms with Crippen LogP contribution in [0.15, 0.2) is 27.7 Å². The summed E-state index contributed by atoms with van der Waals surface area (Å²) in [7, 11) is 1.80. The van der Waals surface area contributed by atoms with Gasteiger partial charge in [-0.15, -0.1) is 0 Å². The summed E-state index contributed by atoms with van der Waals surface area (Å²) in [6, 6.07) is 5.80. The van der Waals surface area contributed by atoms with Crippen LogP contribution in [0.2, 0.25) is 0 Å². The Labute approximate surface area is 145 Å². The van der Waals surface area contributed by atoms with Gasteiger partial charge in [0.05, 0.1) is 0 Å². The highest BCUT2D eigenvalue weighted by Gasteiger charge is 2.30. The van der Waals surface area contributed by atoms with Crippen molar-refractivity contribution >= 4 is 21.9 Å². The van der Waals surface area contributed by atoms with Gasteiger partial charge >= 0.3 is 0 Å². The summed E-state index contributed by atoms with van der Waals surface area (Å²) < 4.78 is 14.7. The molecule has 1 atom stereocenters. The van der Waals surface area contributed by atoms with Gasteiger partial charge in [-0.1, -0.05) is 22.0 Å². The van der Waals surface area contributed by atoms with Crippen molar-refractivity contribution in [2.45, 2.75) is 31.8 Å². The number of halogens is 2. The van der Waals surface area contributed by atoms with Crippen molar-refractivity contribution in [1.82, 2.24) is 15.1 Å². The van der Waals surface area contributed by atoms with Gasteiger partial charge in [-0.25, -0.2) is 4.39 Å². The first-order valence-electron chi connectivity index (χ1n) is 8.31. The summed E-state index contributed by atoms with van der Waals surface area (Å²) in [5, 5.41) is 3.30. The number of likely N-dealkylation sites (tertiary alicyclic amines) is 2. The molecule has 0 spiro atoms. The molecular formula is C17H24BrFN4. The molecule has 1 aromatic carbocycles. The standard InChI is InChI=1S/C17H24BrFN4/c1-20-17(21-11-13-4-5-14(18)10-16(13)19)23-9-6-15(12-23)22-7-2-3-8-22/h4-5,10,15H,2-3,6-9,11-12H2,1H3,(H,20,21). The summed E-state index contributed by atoms with van der Waals surface area (Å²) in [5.41, 5.74) is 0.657. The summed E-state index contributed by atoms with van der Waals surface area (Å²) in [6.07, 6.45) is 3.84. The average molecular weight is 383 g/mol. The summed E-state index contributed by atoms with van der Waals surface area (Å²) in [5.74, 6) is 0.674. The molecule has 0 aliphatic carbocycles. The second-order valence-corrected chi connectivity index (χ2v) is 7.18. The Kier molecular flexibility index (Phi) is 5.54. The zero-order chi connectivity index (χ0) is 16.2. The van der Waals surface area contributed by atoms with E-state index in [2.05, 4.69) is 36.0 Å². The van der Waals surface area contributed by atoms with E-state index in [9.17, 15) is 4.39 Å². The number of hydrogen-bond acceptors (Lipinski definition) is 2. The third-order valence-corrected chi connectivity index (χ3v) is 5.28. The molecule has 0 saturated carbocycles. The number of nitrogens with zero attached hydrogens (tertiary/aromatic N) is 3. The number of rotatable bonds is 3. The van der Waals surface area contributed by atoms with Crippen LogP contribution in [-0.4, -0.2) is 55.0 Å². The Morgan fingerprint density at radius 3 is 2.83 bits per heavy atom. The van der Waals surface area contributed by atoms with Crippen molar-refractivity contribution in [1.29, 1.82) is 0 Å². The molecule has 2 fully saturated rings. The molecule has 3 rings (SSSR count). The molecule has 0 aromatic heterocycles. The van der Waals surface area contributed by atoms with Gasteiger partial charge in [0, 0.05) is 42.8 Å². The quantitative estimate of drug-likeness (QED) is 0.643. The monoisotopic (exact) mass is 382 g/mol. The fourth-order valence-corrected chi connectivity index (χ4v) is 3.84. The zero-order valence-electron chi connectivity index (χ0n) is 13.6. The second kappa shape index (κ2) is 7.62. The average Bonchev–Trinajstić information content (AvgIpc) is 3.20. The molecule has 6 heteroatoms. The molecule has 1 unspecified atom stereocenters. The molecule has 2 heterocycles. The molecule has 1 aromatic rings. The number of hydrogen-bond donors (Lipinski definition) is 1. The lowest BCUT2D eigenvalue weighted by molar-refractivity contribution is 0.249. The van der Waals surface area contributed by atoms with Gasteiger partial charge in [-0.05, 0) is 44.5 Å². The van der Waals surface area contributed by atoms with Crippen LogP contribution in [0.4, 0.5) is 4.39 Å². The first-order valence-corrected chi connectivity index (χ1v) is 9.10. The third-order valence-electron chi connectivity index (χ3n) is 4.78. The van der Waals surface area contributed by atoms with Crippen molar-refractivity contribution < 1.29 is 4.39 Å². The molecule has 0 bridgehead atoms. The van der Waals surface area contributed by atoms with Crippen LogP contribution in [-0.2, 0) is 6.54 Å². The van der Waals surface area contributed by atoms with E-state index in [1.807, 2.05) is 6.07 Å². The van der Waals surface area contributed by atoms with E-state index in [1.165, 1.54) is 38.4 Å². The molecule has 0 radical (unpaired) electrons. The van der Waals surface area contributed by atoms with Gasteiger partial charge < -0.3 is 10.2 Å². The Bertz CT molecular complexity index is 572. The van der Waals surface area contributed by atoms with E-state index in [-0.39, 0.29) is 5.82 Å². The first-order chi connectivity index (χ1) is 11.2. The third kappa shape index (κ3) is 4.04. The van der Waals surface area contributed by atoms with Gasteiger partial charge in [0.15, 0.2) is 5.96 Å². The fourth-order valence-electron chi connectivity index (χ4n) is 3.51. The minimum absolute atomic E-state index is 0.196. The van der Waals surface area contributed by atoms with Crippen LogP contribution >= 0.6 is 15.9 Å². The maximum Gasteiger partial charge on any atom is 0.193 e. The zero-order valence-corrected chi connectivity index (χ0v) is 15.1. The van der Waals surface area contributed by atoms with E-state index in [0.717, 1.165) is 23.5 Å². The van der Waals surface area contributed by atoms with Crippen LogP contribution < -0.4 is 5.32 Å². The lowest BCUT2D eigenvalue weighted by Crippen LogP contribution is -2.42. The van der Waals surface area contributed by atoms with Crippen LogP contribution in [0.3, 0.4) is 0 Å². The van der Waals surface area contributed by atoms with Gasteiger partial charge in [-0.2, -0.15) is 0 Å². The van der Waals surface area contributed by atoms with E-state index in [0.29, 0.717) is 18.2 Å².